The molecule has 2 heterocycles. The molecule has 3 N–H and O–H groups in total. The number of carbonyl (C=O) groups is 1. The molecule has 1 amide bonds. The second-order valence-electron chi connectivity index (χ2n) is 7.06. The van der Waals surface area contributed by atoms with Gasteiger partial charge in [0.2, 0.25) is 0 Å². The van der Waals surface area contributed by atoms with Gasteiger partial charge in [-0.3, -0.25) is 4.79 Å². The molecule has 0 spiro atoms. The van der Waals surface area contributed by atoms with E-state index in [0.717, 1.165) is 17.8 Å². The summed E-state index contributed by atoms with van der Waals surface area (Å²) in [7, 11) is 0. The van der Waals surface area contributed by atoms with Gasteiger partial charge in [0.25, 0.3) is 5.91 Å². The van der Waals surface area contributed by atoms with Gasteiger partial charge in [-0.2, -0.15) is 5.10 Å². The number of nitrogens with zero attached hydrogens (tertiary/aromatic N) is 3. The highest BCUT2D eigenvalue weighted by atomic mass is 16.1. The van der Waals surface area contributed by atoms with Gasteiger partial charge in [0.15, 0.2) is 5.82 Å². The molecular formula is C18H27N5O. The Labute approximate surface area is 143 Å². The predicted molar refractivity (Wildman–Crippen MR) is 95.2 cm³/mol. The number of nitrogens with two attached hydrogens (primary N) is 1. The molecule has 130 valence electrons. The summed E-state index contributed by atoms with van der Waals surface area (Å²) >= 11 is 0. The zero-order valence-electron chi connectivity index (χ0n) is 15.1. The van der Waals surface area contributed by atoms with Crippen LogP contribution in [0.15, 0.2) is 24.4 Å². The molecule has 0 aromatic carbocycles. The quantitative estimate of drug-likeness (QED) is 0.852. The van der Waals surface area contributed by atoms with Crippen LogP contribution >= 0.6 is 0 Å². The topological polar surface area (TPSA) is 85.8 Å². The van der Waals surface area contributed by atoms with Gasteiger partial charge in [0, 0.05) is 24.0 Å². The lowest BCUT2D eigenvalue weighted by Gasteiger charge is -2.31. The fourth-order valence-corrected chi connectivity index (χ4v) is 2.94. The highest BCUT2D eigenvalue weighted by Crippen LogP contribution is 2.16. The van der Waals surface area contributed by atoms with Crippen molar-refractivity contribution in [1.29, 1.82) is 0 Å². The zero-order valence-corrected chi connectivity index (χ0v) is 15.1. The van der Waals surface area contributed by atoms with Crippen molar-refractivity contribution in [2.45, 2.75) is 46.6 Å². The van der Waals surface area contributed by atoms with Crippen LogP contribution in [0.3, 0.4) is 0 Å². The number of nitrogens with one attached hydrogen (secondary N) is 1. The molecule has 2 aromatic rings. The third-order valence-electron chi connectivity index (χ3n) is 3.96. The first kappa shape index (κ1) is 18.1. The summed E-state index contributed by atoms with van der Waals surface area (Å²) in [6, 6.07) is 5.55. The summed E-state index contributed by atoms with van der Waals surface area (Å²) in [6.45, 7) is 10.5. The van der Waals surface area contributed by atoms with E-state index in [1.807, 2.05) is 26.8 Å². The largest absolute Gasteiger partial charge is 0.346 e. The summed E-state index contributed by atoms with van der Waals surface area (Å²) in [5, 5.41) is 7.44. The number of amides is 1. The minimum absolute atomic E-state index is 0.156. The maximum atomic E-state index is 12.5. The minimum atomic E-state index is -0.417. The number of aryl methyl sites for hydroxylation is 2. The van der Waals surface area contributed by atoms with Crippen LogP contribution in [-0.4, -0.2) is 32.8 Å². The lowest BCUT2D eigenvalue weighted by molar-refractivity contribution is 0.0898. The van der Waals surface area contributed by atoms with Crippen LogP contribution in [0.25, 0.3) is 5.82 Å². The molecule has 1 atom stereocenters. The first-order chi connectivity index (χ1) is 11.2. The third-order valence-corrected chi connectivity index (χ3v) is 3.96. The average Bonchev–Trinajstić information content (AvgIpc) is 2.85. The number of pyridine rings is 1. The van der Waals surface area contributed by atoms with Gasteiger partial charge in [0.1, 0.15) is 0 Å². The van der Waals surface area contributed by atoms with Crippen LogP contribution in [-0.2, 0) is 0 Å². The molecule has 0 aliphatic rings. The standard InChI is InChI=1S/C18H27N5O/c1-12(2)9-18(5,11-19)21-17(24)15-6-7-16(20-10-15)23-14(4)8-13(3)22-23/h6-8,10,12H,9,11,19H2,1-5H3,(H,21,24). The molecule has 0 bridgehead atoms. The van der Waals surface area contributed by atoms with Crippen molar-refractivity contribution in [3.05, 3.63) is 41.3 Å². The Morgan fingerprint density at radius 1 is 1.38 bits per heavy atom. The van der Waals surface area contributed by atoms with Crippen molar-refractivity contribution < 1.29 is 4.79 Å². The predicted octanol–water partition coefficient (Wildman–Crippen LogP) is 2.38. The molecular weight excluding hydrogens is 302 g/mol. The first-order valence-corrected chi connectivity index (χ1v) is 8.26. The van der Waals surface area contributed by atoms with Gasteiger partial charge in [-0.1, -0.05) is 13.8 Å². The normalized spacial score (nSPS) is 13.8. The van der Waals surface area contributed by atoms with Crippen molar-refractivity contribution in [2.24, 2.45) is 11.7 Å². The fourth-order valence-electron chi connectivity index (χ4n) is 2.94. The van der Waals surface area contributed by atoms with Gasteiger partial charge in [0.05, 0.1) is 11.3 Å². The summed E-state index contributed by atoms with van der Waals surface area (Å²) in [5.74, 6) is 0.988. The van der Waals surface area contributed by atoms with E-state index in [1.54, 1.807) is 23.0 Å². The Bertz CT molecular complexity index is 705. The highest BCUT2D eigenvalue weighted by molar-refractivity contribution is 5.94. The molecule has 0 aliphatic heterocycles. The molecule has 24 heavy (non-hydrogen) atoms. The molecule has 0 radical (unpaired) electrons. The van der Waals surface area contributed by atoms with Crippen LogP contribution in [0.4, 0.5) is 0 Å². The van der Waals surface area contributed by atoms with Gasteiger partial charge in [-0.05, 0) is 51.3 Å². The van der Waals surface area contributed by atoms with Gasteiger partial charge < -0.3 is 11.1 Å². The SMILES string of the molecule is Cc1cc(C)n(-c2ccc(C(=O)NC(C)(CN)CC(C)C)cn2)n1. The van der Waals surface area contributed by atoms with Crippen molar-refractivity contribution >= 4 is 5.91 Å². The Hall–Kier alpha value is -2.21. The van der Waals surface area contributed by atoms with Crippen LogP contribution in [0.2, 0.25) is 0 Å². The van der Waals surface area contributed by atoms with Gasteiger partial charge >= 0.3 is 0 Å². The minimum Gasteiger partial charge on any atom is -0.346 e. The molecule has 1 unspecified atom stereocenters. The highest BCUT2D eigenvalue weighted by Gasteiger charge is 2.26. The van der Waals surface area contributed by atoms with Crippen LogP contribution in [0.5, 0.6) is 0 Å². The van der Waals surface area contributed by atoms with Crippen LogP contribution in [0, 0.1) is 19.8 Å². The summed E-state index contributed by atoms with van der Waals surface area (Å²) in [5.41, 5.74) is 7.90. The first-order valence-electron chi connectivity index (χ1n) is 8.26. The Balaban J connectivity index is 2.15. The van der Waals surface area contributed by atoms with Crippen molar-refractivity contribution in [2.75, 3.05) is 6.54 Å². The second-order valence-corrected chi connectivity index (χ2v) is 7.06. The Kier molecular flexibility index (Phi) is 5.39. The fraction of sp³-hybridized carbons (Fsp3) is 0.500. The van der Waals surface area contributed by atoms with E-state index in [-0.39, 0.29) is 5.91 Å². The van der Waals surface area contributed by atoms with Gasteiger partial charge in [-0.15, -0.1) is 0 Å². The maximum Gasteiger partial charge on any atom is 0.253 e. The molecule has 6 nitrogen and oxygen atoms in total. The summed E-state index contributed by atoms with van der Waals surface area (Å²) < 4.78 is 1.76. The summed E-state index contributed by atoms with van der Waals surface area (Å²) in [4.78, 5) is 16.9. The second kappa shape index (κ2) is 7.13. The molecule has 0 saturated heterocycles. The van der Waals surface area contributed by atoms with Gasteiger partial charge in [-0.25, -0.2) is 9.67 Å². The average molecular weight is 329 g/mol. The van der Waals surface area contributed by atoms with E-state index in [9.17, 15) is 4.79 Å². The number of hydrogen-bond acceptors (Lipinski definition) is 4. The van der Waals surface area contributed by atoms with Crippen molar-refractivity contribution in [3.63, 3.8) is 0 Å². The monoisotopic (exact) mass is 329 g/mol. The van der Waals surface area contributed by atoms with E-state index in [1.165, 1.54) is 0 Å². The molecule has 2 aromatic heterocycles. The number of hydrogen-bond donors (Lipinski definition) is 2. The van der Waals surface area contributed by atoms with Crippen molar-refractivity contribution in [3.8, 4) is 5.82 Å². The third kappa shape index (κ3) is 4.20. The van der Waals surface area contributed by atoms with Crippen LogP contribution < -0.4 is 11.1 Å². The number of aromatic nitrogens is 3. The van der Waals surface area contributed by atoms with E-state index < -0.39 is 5.54 Å². The van der Waals surface area contributed by atoms with E-state index in [2.05, 4.69) is 29.2 Å². The maximum absolute atomic E-state index is 12.5. The molecule has 0 saturated carbocycles. The molecule has 2 rings (SSSR count). The Morgan fingerprint density at radius 3 is 2.54 bits per heavy atom. The summed E-state index contributed by atoms with van der Waals surface area (Å²) in [6.07, 6.45) is 2.40. The number of carbonyl (C=O) groups excluding carboxylic acids is 1. The van der Waals surface area contributed by atoms with E-state index in [0.29, 0.717) is 23.8 Å². The van der Waals surface area contributed by atoms with E-state index in [4.69, 9.17) is 5.73 Å². The lowest BCUT2D eigenvalue weighted by atomic mass is 9.90. The molecule has 0 fully saturated rings. The molecule has 0 aliphatic carbocycles. The smallest absolute Gasteiger partial charge is 0.253 e. The van der Waals surface area contributed by atoms with Crippen molar-refractivity contribution in [1.82, 2.24) is 20.1 Å². The van der Waals surface area contributed by atoms with Crippen LogP contribution in [0.1, 0.15) is 48.9 Å². The number of rotatable bonds is 6. The van der Waals surface area contributed by atoms with E-state index >= 15 is 0 Å². The molecule has 6 heteroatoms. The zero-order chi connectivity index (χ0) is 17.9. The Morgan fingerprint density at radius 2 is 2.08 bits per heavy atom. The lowest BCUT2D eigenvalue weighted by Crippen LogP contribution is -2.52.